The topological polar surface area (TPSA) is 59.0 Å². The number of carbonyl (C=O) groups excluding carboxylic acids is 1. The number of rotatable bonds is 4. The maximum atomic E-state index is 11.9. The van der Waals surface area contributed by atoms with Crippen LogP contribution in [0.5, 0.6) is 0 Å². The molecule has 0 saturated heterocycles. The molecule has 5 nitrogen and oxygen atoms in total. The molecule has 0 unspecified atom stereocenters. The van der Waals surface area contributed by atoms with Crippen LogP contribution in [-0.2, 0) is 11.8 Å². The molecule has 0 radical (unpaired) electrons. The Bertz CT molecular complexity index is 575. The van der Waals surface area contributed by atoms with Gasteiger partial charge in [0.1, 0.15) is 0 Å². The molecule has 0 saturated carbocycles. The van der Waals surface area contributed by atoms with E-state index in [1.807, 2.05) is 51.2 Å². The largest absolute Gasteiger partial charge is 0.376 e. The highest BCUT2D eigenvalue weighted by molar-refractivity contribution is 5.94. The van der Waals surface area contributed by atoms with Crippen LogP contribution in [0.25, 0.3) is 0 Å². The minimum Gasteiger partial charge on any atom is -0.376 e. The van der Waals surface area contributed by atoms with Gasteiger partial charge in [-0.3, -0.25) is 9.48 Å². The molecule has 5 heteroatoms. The van der Waals surface area contributed by atoms with Gasteiger partial charge in [0.05, 0.1) is 23.6 Å². The van der Waals surface area contributed by atoms with Crippen molar-refractivity contribution in [2.24, 2.45) is 7.05 Å². The zero-order valence-electron chi connectivity index (χ0n) is 11.4. The fourth-order valence-electron chi connectivity index (χ4n) is 1.88. The molecule has 2 aromatic rings. The number of nitrogens with one attached hydrogen (secondary N) is 2. The van der Waals surface area contributed by atoms with Crippen LogP contribution < -0.4 is 10.6 Å². The van der Waals surface area contributed by atoms with E-state index in [4.69, 9.17) is 0 Å². The third kappa shape index (κ3) is 3.13. The number of anilines is 2. The Labute approximate surface area is 112 Å². The quantitative estimate of drug-likeness (QED) is 0.882. The highest BCUT2D eigenvalue weighted by Crippen LogP contribution is 2.18. The van der Waals surface area contributed by atoms with E-state index in [1.54, 1.807) is 4.68 Å². The van der Waals surface area contributed by atoms with Crippen molar-refractivity contribution in [3.8, 4) is 0 Å². The van der Waals surface area contributed by atoms with Crippen molar-refractivity contribution in [2.45, 2.75) is 13.8 Å². The maximum absolute atomic E-state index is 11.9. The minimum atomic E-state index is -0.0805. The van der Waals surface area contributed by atoms with Gasteiger partial charge in [-0.05, 0) is 26.0 Å². The smallest absolute Gasteiger partial charge is 0.243 e. The van der Waals surface area contributed by atoms with Crippen LogP contribution >= 0.6 is 0 Å². The highest BCUT2D eigenvalue weighted by atomic mass is 16.1. The summed E-state index contributed by atoms with van der Waals surface area (Å²) >= 11 is 0. The average Bonchev–Trinajstić information content (AvgIpc) is 2.64. The summed E-state index contributed by atoms with van der Waals surface area (Å²) in [7, 11) is 1.86. The van der Waals surface area contributed by atoms with Crippen LogP contribution in [0.1, 0.15) is 11.4 Å². The first-order valence-electron chi connectivity index (χ1n) is 6.17. The molecule has 2 N–H and O–H groups in total. The zero-order valence-corrected chi connectivity index (χ0v) is 11.4. The van der Waals surface area contributed by atoms with Gasteiger partial charge >= 0.3 is 0 Å². The van der Waals surface area contributed by atoms with Gasteiger partial charge in [-0.25, -0.2) is 0 Å². The molecule has 0 aliphatic rings. The van der Waals surface area contributed by atoms with Crippen LogP contribution in [0, 0.1) is 13.8 Å². The first kappa shape index (κ1) is 13.1. The summed E-state index contributed by atoms with van der Waals surface area (Å²) in [5.74, 6) is -0.0805. The van der Waals surface area contributed by atoms with Crippen LogP contribution in [-0.4, -0.2) is 22.2 Å². The summed E-state index contributed by atoms with van der Waals surface area (Å²) in [4.78, 5) is 11.9. The monoisotopic (exact) mass is 258 g/mol. The van der Waals surface area contributed by atoms with Crippen molar-refractivity contribution < 1.29 is 4.79 Å². The SMILES string of the molecule is Cc1nn(C)c(C)c1NC(=O)CNc1ccccc1. The van der Waals surface area contributed by atoms with Crippen LogP contribution in [0.15, 0.2) is 30.3 Å². The number of amides is 1. The molecule has 0 spiro atoms. The average molecular weight is 258 g/mol. The Morgan fingerprint density at radius 2 is 1.95 bits per heavy atom. The van der Waals surface area contributed by atoms with E-state index < -0.39 is 0 Å². The third-order valence-electron chi connectivity index (χ3n) is 3.00. The van der Waals surface area contributed by atoms with Crippen molar-refractivity contribution >= 4 is 17.3 Å². The first-order valence-corrected chi connectivity index (χ1v) is 6.17. The van der Waals surface area contributed by atoms with Crippen molar-refractivity contribution in [3.63, 3.8) is 0 Å². The van der Waals surface area contributed by atoms with Crippen molar-refractivity contribution in [2.75, 3.05) is 17.2 Å². The lowest BCUT2D eigenvalue weighted by Crippen LogP contribution is -2.22. The van der Waals surface area contributed by atoms with E-state index in [9.17, 15) is 4.79 Å². The summed E-state index contributed by atoms with van der Waals surface area (Å²) in [6.45, 7) is 4.05. The second-order valence-electron chi connectivity index (χ2n) is 4.44. The predicted octanol–water partition coefficient (Wildman–Crippen LogP) is 2.09. The van der Waals surface area contributed by atoms with Gasteiger partial charge in [0, 0.05) is 12.7 Å². The Hall–Kier alpha value is -2.30. The lowest BCUT2D eigenvalue weighted by Gasteiger charge is -2.08. The van der Waals surface area contributed by atoms with E-state index in [1.165, 1.54) is 0 Å². The second kappa shape index (κ2) is 5.56. The summed E-state index contributed by atoms with van der Waals surface area (Å²) in [5, 5.41) is 10.2. The lowest BCUT2D eigenvalue weighted by atomic mass is 10.3. The Morgan fingerprint density at radius 1 is 1.26 bits per heavy atom. The van der Waals surface area contributed by atoms with Crippen LogP contribution in [0.4, 0.5) is 11.4 Å². The standard InChI is InChI=1S/C14H18N4O/c1-10-14(11(2)18(3)17-10)16-13(19)9-15-12-7-5-4-6-8-12/h4-8,15H,9H2,1-3H3,(H,16,19). The van der Waals surface area contributed by atoms with E-state index in [2.05, 4.69) is 15.7 Å². The zero-order chi connectivity index (χ0) is 13.8. The maximum Gasteiger partial charge on any atom is 0.243 e. The molecular formula is C14H18N4O. The third-order valence-corrected chi connectivity index (χ3v) is 3.00. The summed E-state index contributed by atoms with van der Waals surface area (Å²) in [6, 6.07) is 9.64. The number of aromatic nitrogens is 2. The van der Waals surface area contributed by atoms with Gasteiger partial charge in [0.2, 0.25) is 5.91 Å². The van der Waals surface area contributed by atoms with Crippen molar-refractivity contribution in [1.29, 1.82) is 0 Å². The van der Waals surface area contributed by atoms with Gasteiger partial charge in [0.25, 0.3) is 0 Å². The fourth-order valence-corrected chi connectivity index (χ4v) is 1.88. The summed E-state index contributed by atoms with van der Waals surface area (Å²) in [6.07, 6.45) is 0. The van der Waals surface area contributed by atoms with Gasteiger partial charge in [-0.2, -0.15) is 5.10 Å². The number of hydrogen-bond donors (Lipinski definition) is 2. The van der Waals surface area contributed by atoms with Gasteiger partial charge in [-0.1, -0.05) is 18.2 Å². The first-order chi connectivity index (χ1) is 9.08. The van der Waals surface area contributed by atoms with Gasteiger partial charge in [0.15, 0.2) is 0 Å². The van der Waals surface area contributed by atoms with E-state index in [-0.39, 0.29) is 12.5 Å². The number of para-hydroxylation sites is 1. The molecule has 1 aromatic carbocycles. The second-order valence-corrected chi connectivity index (χ2v) is 4.44. The molecule has 1 heterocycles. The molecule has 0 atom stereocenters. The van der Waals surface area contributed by atoms with E-state index >= 15 is 0 Å². The van der Waals surface area contributed by atoms with Crippen molar-refractivity contribution in [1.82, 2.24) is 9.78 Å². The normalized spacial score (nSPS) is 10.3. The Balaban J connectivity index is 1.95. The highest BCUT2D eigenvalue weighted by Gasteiger charge is 2.11. The Kier molecular flexibility index (Phi) is 3.85. The number of hydrogen-bond acceptors (Lipinski definition) is 3. The summed E-state index contributed by atoms with van der Waals surface area (Å²) < 4.78 is 1.76. The number of carbonyl (C=O) groups is 1. The molecule has 1 aromatic heterocycles. The van der Waals surface area contributed by atoms with E-state index in [0.29, 0.717) is 0 Å². The number of aryl methyl sites for hydroxylation is 2. The molecule has 2 rings (SSSR count). The lowest BCUT2D eigenvalue weighted by molar-refractivity contribution is -0.114. The molecule has 0 aliphatic heterocycles. The van der Waals surface area contributed by atoms with E-state index in [0.717, 1.165) is 22.8 Å². The van der Waals surface area contributed by atoms with Crippen LogP contribution in [0.2, 0.25) is 0 Å². The Morgan fingerprint density at radius 3 is 2.53 bits per heavy atom. The molecule has 19 heavy (non-hydrogen) atoms. The van der Waals surface area contributed by atoms with Crippen LogP contribution in [0.3, 0.4) is 0 Å². The predicted molar refractivity (Wildman–Crippen MR) is 76.2 cm³/mol. The van der Waals surface area contributed by atoms with Gasteiger partial charge in [-0.15, -0.1) is 0 Å². The molecule has 0 aliphatic carbocycles. The van der Waals surface area contributed by atoms with Crippen molar-refractivity contribution in [3.05, 3.63) is 41.7 Å². The molecular weight excluding hydrogens is 240 g/mol. The molecule has 100 valence electrons. The summed E-state index contributed by atoms with van der Waals surface area (Å²) in [5.41, 5.74) is 3.50. The number of benzene rings is 1. The molecule has 0 fully saturated rings. The minimum absolute atomic E-state index is 0.0805. The molecule has 0 bridgehead atoms. The fraction of sp³-hybridized carbons (Fsp3) is 0.286. The number of nitrogens with zero attached hydrogens (tertiary/aromatic N) is 2. The molecule has 1 amide bonds. The van der Waals surface area contributed by atoms with Gasteiger partial charge < -0.3 is 10.6 Å².